The molecule has 180 valence electrons. The average molecular weight is 445 g/mol. The summed E-state index contributed by atoms with van der Waals surface area (Å²) in [4.78, 5) is 0. The maximum Gasteiger partial charge on any atom is 0.0215 e. The first kappa shape index (κ1) is 26.1. The van der Waals surface area contributed by atoms with Gasteiger partial charge in [-0.05, 0) is 95.9 Å². The van der Waals surface area contributed by atoms with E-state index >= 15 is 0 Å². The van der Waals surface area contributed by atoms with Crippen LogP contribution in [0.2, 0.25) is 0 Å². The van der Waals surface area contributed by atoms with Crippen molar-refractivity contribution in [3.05, 3.63) is 59.7 Å². The van der Waals surface area contributed by atoms with Gasteiger partial charge < -0.3 is 0 Å². The molecule has 0 amide bonds. The summed E-state index contributed by atoms with van der Waals surface area (Å²) in [6.07, 6.45) is 13.3. The Bertz CT molecular complexity index is 771. The lowest BCUT2D eigenvalue weighted by atomic mass is 9.69. The van der Waals surface area contributed by atoms with E-state index in [1.54, 1.807) is 0 Å². The quantitative estimate of drug-likeness (QED) is 0.272. The molecule has 2 unspecified atom stereocenters. The molecule has 0 fully saturated rings. The molecule has 2 aromatic carbocycles. The normalized spacial score (nSPS) is 16.1. The second-order valence-corrected chi connectivity index (χ2v) is 12.0. The summed E-state index contributed by atoms with van der Waals surface area (Å²) >= 11 is 0. The van der Waals surface area contributed by atoms with Crippen molar-refractivity contribution in [2.75, 3.05) is 0 Å². The van der Waals surface area contributed by atoms with Crippen LogP contribution in [-0.4, -0.2) is 0 Å². The monoisotopic (exact) mass is 444 g/mol. The highest BCUT2D eigenvalue weighted by Crippen LogP contribution is 2.54. The Hall–Kier alpha value is -1.56. The van der Waals surface area contributed by atoms with Gasteiger partial charge in [-0.15, -0.1) is 0 Å². The van der Waals surface area contributed by atoms with E-state index in [1.807, 2.05) is 0 Å². The van der Waals surface area contributed by atoms with Gasteiger partial charge in [-0.2, -0.15) is 0 Å². The highest BCUT2D eigenvalue weighted by molar-refractivity contribution is 5.80. The van der Waals surface area contributed by atoms with Crippen LogP contribution < -0.4 is 0 Å². The lowest BCUT2D eigenvalue weighted by Gasteiger charge is -2.34. The predicted molar refractivity (Wildman–Crippen MR) is 145 cm³/mol. The lowest BCUT2D eigenvalue weighted by molar-refractivity contribution is 0.327. The molecule has 0 spiro atoms. The third-order valence-electron chi connectivity index (χ3n) is 8.13. The molecule has 2 atom stereocenters. The van der Waals surface area contributed by atoms with Crippen LogP contribution in [0.5, 0.6) is 0 Å². The minimum atomic E-state index is 0.138. The van der Waals surface area contributed by atoms with Crippen molar-refractivity contribution in [3.63, 3.8) is 0 Å². The van der Waals surface area contributed by atoms with Crippen LogP contribution in [0.1, 0.15) is 117 Å². The number of fused-ring (bicyclic) bond motifs is 3. The van der Waals surface area contributed by atoms with Gasteiger partial charge in [0.05, 0.1) is 0 Å². The summed E-state index contributed by atoms with van der Waals surface area (Å²) in [5.74, 6) is 3.22. The number of hydrogen-bond donors (Lipinski definition) is 0. The maximum absolute atomic E-state index is 3.44. The third-order valence-corrected chi connectivity index (χ3v) is 8.13. The van der Waals surface area contributed by atoms with Crippen molar-refractivity contribution < 1.29 is 0 Å². The summed E-state index contributed by atoms with van der Waals surface area (Å²) in [5.41, 5.74) is 6.08. The molecule has 0 heterocycles. The molecule has 0 aliphatic heterocycles. The standard InChI is InChI=1S/C33H48/c1-25(2)13-11-15-27(5)21-23-33(24-22-28(6)16-12-14-26(3)4)31-19-9-7-17-29(31)30-18-8-10-20-32(30)33/h7-8,17-20,25-28H,11-16,21-24H2,1-6H3. The summed E-state index contributed by atoms with van der Waals surface area (Å²) in [5, 5.41) is 0. The minimum Gasteiger partial charge on any atom is -0.0628 e. The van der Waals surface area contributed by atoms with Crippen molar-refractivity contribution >= 4 is 0 Å². The van der Waals surface area contributed by atoms with Gasteiger partial charge in [-0.3, -0.25) is 0 Å². The molecule has 2 aromatic rings. The van der Waals surface area contributed by atoms with Crippen LogP contribution in [0.3, 0.4) is 0 Å². The van der Waals surface area contributed by atoms with E-state index in [9.17, 15) is 0 Å². The molecule has 3 rings (SSSR count). The number of benzene rings is 2. The van der Waals surface area contributed by atoms with Gasteiger partial charge in [0.2, 0.25) is 0 Å². The molecule has 0 saturated heterocycles. The summed E-state index contributed by atoms with van der Waals surface area (Å²) in [6, 6.07) is 20.3. The van der Waals surface area contributed by atoms with Gasteiger partial charge in [-0.25, -0.2) is 0 Å². The Kier molecular flexibility index (Phi) is 9.66. The topological polar surface area (TPSA) is 0 Å². The zero-order chi connectivity index (χ0) is 23.8. The lowest BCUT2D eigenvalue weighted by Crippen LogP contribution is -2.27. The third kappa shape index (κ3) is 6.74. The van der Waals surface area contributed by atoms with Gasteiger partial charge in [0.1, 0.15) is 0 Å². The molecular weight excluding hydrogens is 396 g/mol. The largest absolute Gasteiger partial charge is 0.0628 e. The van der Waals surface area contributed by atoms with Gasteiger partial charge in [0.25, 0.3) is 0 Å². The van der Waals surface area contributed by atoms with Gasteiger partial charge in [-0.1, -0.05) is 104 Å². The second kappa shape index (κ2) is 12.2. The number of rotatable bonds is 14. The van der Waals surface area contributed by atoms with Crippen LogP contribution in [-0.2, 0) is 5.41 Å². The van der Waals surface area contributed by atoms with Crippen LogP contribution in [0.25, 0.3) is 11.1 Å². The molecule has 0 bridgehead atoms. The molecule has 2 radical (unpaired) electrons. The van der Waals surface area contributed by atoms with E-state index in [2.05, 4.69) is 90.1 Å². The minimum absolute atomic E-state index is 0.138. The van der Waals surface area contributed by atoms with Gasteiger partial charge in [0, 0.05) is 5.41 Å². The second-order valence-electron chi connectivity index (χ2n) is 12.0. The molecular formula is C33H48. The van der Waals surface area contributed by atoms with Gasteiger partial charge >= 0.3 is 0 Å². The zero-order valence-corrected chi connectivity index (χ0v) is 22.3. The molecule has 0 N–H and O–H groups in total. The summed E-state index contributed by atoms with van der Waals surface area (Å²) in [7, 11) is 0. The highest BCUT2D eigenvalue weighted by atomic mass is 14.4. The van der Waals surface area contributed by atoms with Crippen LogP contribution >= 0.6 is 0 Å². The smallest absolute Gasteiger partial charge is 0.0215 e. The fourth-order valence-corrected chi connectivity index (χ4v) is 5.95. The zero-order valence-electron chi connectivity index (χ0n) is 22.3. The predicted octanol–water partition coefficient (Wildman–Crippen LogP) is 10.0. The van der Waals surface area contributed by atoms with E-state index in [0.717, 1.165) is 23.7 Å². The van der Waals surface area contributed by atoms with Crippen molar-refractivity contribution in [3.8, 4) is 11.1 Å². The first-order valence-corrected chi connectivity index (χ1v) is 13.8. The summed E-state index contributed by atoms with van der Waals surface area (Å²) in [6.45, 7) is 14.4. The van der Waals surface area contributed by atoms with Crippen molar-refractivity contribution in [1.29, 1.82) is 0 Å². The SMILES string of the molecule is CC(C)CCCC(C)CCC1(CCC(C)CCCC(C)C)c2c[c]ccc2-c2cc[c]cc21. The van der Waals surface area contributed by atoms with E-state index in [4.69, 9.17) is 0 Å². The number of hydrogen-bond acceptors (Lipinski definition) is 0. The molecule has 0 nitrogen and oxygen atoms in total. The molecule has 0 aromatic heterocycles. The fraction of sp³-hybridized carbons (Fsp3) is 0.636. The molecule has 0 heteroatoms. The highest BCUT2D eigenvalue weighted by Gasteiger charge is 2.42. The molecule has 1 aliphatic carbocycles. The Labute approximate surface area is 205 Å². The molecule has 0 saturated carbocycles. The van der Waals surface area contributed by atoms with E-state index in [1.165, 1.54) is 86.5 Å². The van der Waals surface area contributed by atoms with Crippen LogP contribution in [0, 0.1) is 35.8 Å². The maximum atomic E-state index is 3.44. The van der Waals surface area contributed by atoms with E-state index in [0.29, 0.717) is 0 Å². The average Bonchev–Trinajstić information content (AvgIpc) is 3.06. The van der Waals surface area contributed by atoms with Crippen LogP contribution in [0.4, 0.5) is 0 Å². The molecule has 1 aliphatic rings. The Balaban J connectivity index is 1.79. The Morgan fingerprint density at radius 3 is 1.42 bits per heavy atom. The molecule has 33 heavy (non-hydrogen) atoms. The van der Waals surface area contributed by atoms with Crippen molar-refractivity contribution in [2.24, 2.45) is 23.7 Å². The Morgan fingerprint density at radius 2 is 1.03 bits per heavy atom. The van der Waals surface area contributed by atoms with Crippen molar-refractivity contribution in [1.82, 2.24) is 0 Å². The first-order valence-electron chi connectivity index (χ1n) is 13.8. The van der Waals surface area contributed by atoms with E-state index in [-0.39, 0.29) is 5.41 Å². The van der Waals surface area contributed by atoms with Gasteiger partial charge in [0.15, 0.2) is 0 Å². The summed E-state index contributed by atoms with van der Waals surface area (Å²) < 4.78 is 0. The van der Waals surface area contributed by atoms with Crippen molar-refractivity contribution in [2.45, 2.75) is 111 Å². The van der Waals surface area contributed by atoms with E-state index < -0.39 is 0 Å². The van der Waals surface area contributed by atoms with Crippen LogP contribution in [0.15, 0.2) is 36.4 Å². The first-order chi connectivity index (χ1) is 15.8. The Morgan fingerprint density at radius 1 is 0.606 bits per heavy atom. The fourth-order valence-electron chi connectivity index (χ4n) is 5.95.